The number of benzene rings is 2. The lowest BCUT2D eigenvalue weighted by Crippen LogP contribution is -2.47. The van der Waals surface area contributed by atoms with Crippen molar-refractivity contribution in [2.75, 3.05) is 26.2 Å². The summed E-state index contributed by atoms with van der Waals surface area (Å²) in [5.41, 5.74) is 2.53. The maximum absolute atomic E-state index is 12.4. The molecule has 8 heteroatoms. The number of carbonyl (C=O) groups is 2. The first-order chi connectivity index (χ1) is 15.3. The van der Waals surface area contributed by atoms with E-state index in [1.165, 1.54) is 0 Å². The lowest BCUT2D eigenvalue weighted by atomic mass is 10.1. The molecule has 1 saturated heterocycles. The molecule has 2 amide bonds. The van der Waals surface area contributed by atoms with Gasteiger partial charge in [0.05, 0.1) is 29.2 Å². The predicted octanol–water partition coefficient (Wildman–Crippen LogP) is 3.69. The van der Waals surface area contributed by atoms with Crippen LogP contribution in [0, 0.1) is 0 Å². The Kier molecular flexibility index (Phi) is 8.93. The van der Waals surface area contributed by atoms with E-state index in [1.54, 1.807) is 18.2 Å². The molecular formula is C24H29Cl2N3O3. The third-order valence-electron chi connectivity index (χ3n) is 5.14. The summed E-state index contributed by atoms with van der Waals surface area (Å²) >= 11 is 12.1. The molecule has 1 fully saturated rings. The van der Waals surface area contributed by atoms with Gasteiger partial charge in [0.15, 0.2) is 0 Å². The number of carbonyl (C=O) groups excluding carboxylic acids is 2. The Balaban J connectivity index is 1.44. The normalized spacial score (nSPS) is 16.7. The fourth-order valence-corrected chi connectivity index (χ4v) is 3.86. The second kappa shape index (κ2) is 11.7. The van der Waals surface area contributed by atoms with Gasteiger partial charge in [0.1, 0.15) is 0 Å². The summed E-state index contributed by atoms with van der Waals surface area (Å²) < 4.78 is 5.82. The minimum atomic E-state index is -0.115. The number of hydrogen-bond acceptors (Lipinski definition) is 4. The van der Waals surface area contributed by atoms with Crippen LogP contribution in [0.2, 0.25) is 10.0 Å². The Bertz CT molecular complexity index is 935. The summed E-state index contributed by atoms with van der Waals surface area (Å²) in [6.07, 6.45) is 0.184. The van der Waals surface area contributed by atoms with Crippen molar-refractivity contribution in [2.45, 2.75) is 39.0 Å². The van der Waals surface area contributed by atoms with Gasteiger partial charge in [-0.15, -0.1) is 0 Å². The van der Waals surface area contributed by atoms with Crippen molar-refractivity contribution in [3.63, 3.8) is 0 Å². The van der Waals surface area contributed by atoms with Gasteiger partial charge in [-0.3, -0.25) is 14.5 Å². The van der Waals surface area contributed by atoms with Crippen LogP contribution in [0.15, 0.2) is 42.5 Å². The minimum Gasteiger partial charge on any atom is -0.374 e. The van der Waals surface area contributed by atoms with Crippen LogP contribution in [0.4, 0.5) is 0 Å². The standard InChI is InChI=1S/C24H29Cl2N3O3/c1-16(2)28-24(31)19-6-3-17(4-7-19)12-23(30)27-13-20-15-29(9-10-32-20)14-18-5-8-21(25)22(26)11-18/h3-8,11,16,20H,9-10,12-15H2,1-2H3,(H,27,30)(H,28,31). The van der Waals surface area contributed by atoms with Crippen molar-refractivity contribution in [1.29, 1.82) is 0 Å². The molecular weight excluding hydrogens is 449 g/mol. The number of rotatable bonds is 8. The third-order valence-corrected chi connectivity index (χ3v) is 5.88. The van der Waals surface area contributed by atoms with Crippen LogP contribution in [0.5, 0.6) is 0 Å². The highest BCUT2D eigenvalue weighted by atomic mass is 35.5. The first-order valence-electron chi connectivity index (χ1n) is 10.7. The zero-order chi connectivity index (χ0) is 23.1. The number of halogens is 2. The third kappa shape index (κ3) is 7.48. The molecule has 6 nitrogen and oxygen atoms in total. The van der Waals surface area contributed by atoms with Gasteiger partial charge in [0.2, 0.25) is 5.91 Å². The molecule has 3 rings (SSSR count). The molecule has 1 atom stereocenters. The molecule has 1 heterocycles. The zero-order valence-corrected chi connectivity index (χ0v) is 19.9. The van der Waals surface area contributed by atoms with Crippen molar-refractivity contribution < 1.29 is 14.3 Å². The quantitative estimate of drug-likeness (QED) is 0.607. The average Bonchev–Trinajstić information content (AvgIpc) is 2.75. The molecule has 0 aromatic heterocycles. The molecule has 1 aliphatic rings. The van der Waals surface area contributed by atoms with Crippen LogP contribution in [0.3, 0.4) is 0 Å². The molecule has 2 aromatic rings. The van der Waals surface area contributed by atoms with Gasteiger partial charge in [-0.25, -0.2) is 0 Å². The van der Waals surface area contributed by atoms with Crippen molar-refractivity contribution in [2.24, 2.45) is 0 Å². The summed E-state index contributed by atoms with van der Waals surface area (Å²) in [5.74, 6) is -0.189. The van der Waals surface area contributed by atoms with Gasteiger partial charge in [0, 0.05) is 37.8 Å². The Morgan fingerprint density at radius 2 is 1.81 bits per heavy atom. The topological polar surface area (TPSA) is 70.7 Å². The number of nitrogens with zero attached hydrogens (tertiary/aromatic N) is 1. The van der Waals surface area contributed by atoms with Gasteiger partial charge in [-0.2, -0.15) is 0 Å². The molecule has 0 aliphatic carbocycles. The lowest BCUT2D eigenvalue weighted by Gasteiger charge is -2.33. The second-order valence-electron chi connectivity index (χ2n) is 8.28. The van der Waals surface area contributed by atoms with Crippen LogP contribution in [0.25, 0.3) is 0 Å². The van der Waals surface area contributed by atoms with Crippen LogP contribution in [-0.4, -0.2) is 55.1 Å². The van der Waals surface area contributed by atoms with E-state index in [0.717, 1.165) is 30.8 Å². The van der Waals surface area contributed by atoms with Gasteiger partial charge in [0.25, 0.3) is 5.91 Å². The van der Waals surface area contributed by atoms with Crippen molar-refractivity contribution in [1.82, 2.24) is 15.5 Å². The molecule has 32 heavy (non-hydrogen) atoms. The van der Waals surface area contributed by atoms with Crippen molar-refractivity contribution >= 4 is 35.0 Å². The fraction of sp³-hybridized carbons (Fsp3) is 0.417. The smallest absolute Gasteiger partial charge is 0.251 e. The van der Waals surface area contributed by atoms with Gasteiger partial charge in [-0.05, 0) is 49.2 Å². The first-order valence-corrected chi connectivity index (χ1v) is 11.5. The van der Waals surface area contributed by atoms with Crippen LogP contribution in [0.1, 0.15) is 35.3 Å². The summed E-state index contributed by atoms with van der Waals surface area (Å²) in [5, 5.41) is 6.91. The van der Waals surface area contributed by atoms with E-state index < -0.39 is 0 Å². The Labute approximate surface area is 199 Å². The van der Waals surface area contributed by atoms with Gasteiger partial charge in [-0.1, -0.05) is 41.4 Å². The average molecular weight is 478 g/mol. The highest BCUT2D eigenvalue weighted by molar-refractivity contribution is 6.42. The molecule has 1 unspecified atom stereocenters. The van der Waals surface area contributed by atoms with Crippen molar-refractivity contribution in [3.8, 4) is 0 Å². The van der Waals surface area contributed by atoms with E-state index in [4.69, 9.17) is 27.9 Å². The van der Waals surface area contributed by atoms with Gasteiger partial charge < -0.3 is 15.4 Å². The maximum Gasteiger partial charge on any atom is 0.251 e. The number of morpholine rings is 1. The summed E-state index contributed by atoms with van der Waals surface area (Å²) in [7, 11) is 0. The number of hydrogen-bond donors (Lipinski definition) is 2. The van der Waals surface area contributed by atoms with E-state index >= 15 is 0 Å². The predicted molar refractivity (Wildman–Crippen MR) is 127 cm³/mol. The first kappa shape index (κ1) is 24.5. The SMILES string of the molecule is CC(C)NC(=O)c1ccc(CC(=O)NCC2CN(Cc3ccc(Cl)c(Cl)c3)CCO2)cc1. The highest BCUT2D eigenvalue weighted by Crippen LogP contribution is 2.23. The molecule has 0 saturated carbocycles. The maximum atomic E-state index is 12.4. The van der Waals surface area contributed by atoms with Crippen LogP contribution >= 0.6 is 23.2 Å². The largest absolute Gasteiger partial charge is 0.374 e. The monoisotopic (exact) mass is 477 g/mol. The number of amides is 2. The second-order valence-corrected chi connectivity index (χ2v) is 9.10. The summed E-state index contributed by atoms with van der Waals surface area (Å²) in [6.45, 7) is 7.19. The van der Waals surface area contributed by atoms with Crippen LogP contribution < -0.4 is 10.6 Å². The lowest BCUT2D eigenvalue weighted by molar-refractivity contribution is -0.121. The number of nitrogens with one attached hydrogen (secondary N) is 2. The Hall–Kier alpha value is -2.12. The van der Waals surface area contributed by atoms with E-state index in [0.29, 0.717) is 28.8 Å². The zero-order valence-electron chi connectivity index (χ0n) is 18.4. The Morgan fingerprint density at radius 1 is 1.09 bits per heavy atom. The molecule has 0 radical (unpaired) electrons. The van der Waals surface area contributed by atoms with Gasteiger partial charge >= 0.3 is 0 Å². The van der Waals surface area contributed by atoms with E-state index in [9.17, 15) is 9.59 Å². The van der Waals surface area contributed by atoms with E-state index in [1.807, 2.05) is 38.1 Å². The van der Waals surface area contributed by atoms with Crippen LogP contribution in [-0.2, 0) is 22.5 Å². The molecule has 1 aliphatic heterocycles. The molecule has 0 spiro atoms. The minimum absolute atomic E-state index is 0.0717. The molecule has 2 N–H and O–H groups in total. The van der Waals surface area contributed by atoms with Crippen molar-refractivity contribution in [3.05, 3.63) is 69.2 Å². The summed E-state index contributed by atoms with van der Waals surface area (Å²) in [4.78, 5) is 26.7. The molecule has 172 valence electrons. The fourth-order valence-electron chi connectivity index (χ4n) is 3.54. The molecule has 2 aromatic carbocycles. The molecule has 0 bridgehead atoms. The summed E-state index contributed by atoms with van der Waals surface area (Å²) in [6, 6.07) is 12.8. The van der Waals surface area contributed by atoms with E-state index in [-0.39, 0.29) is 30.4 Å². The van der Waals surface area contributed by atoms with E-state index in [2.05, 4.69) is 15.5 Å². The Morgan fingerprint density at radius 3 is 2.50 bits per heavy atom. The number of ether oxygens (including phenoxy) is 1. The highest BCUT2D eigenvalue weighted by Gasteiger charge is 2.21.